The van der Waals surface area contributed by atoms with Crippen molar-refractivity contribution in [1.29, 1.82) is 0 Å². The van der Waals surface area contributed by atoms with Crippen LogP contribution in [0.25, 0.3) is 11.3 Å². The first-order valence-corrected chi connectivity index (χ1v) is 7.73. The summed E-state index contributed by atoms with van der Waals surface area (Å²) in [5.74, 6) is 1.11. The van der Waals surface area contributed by atoms with Gasteiger partial charge in [-0.25, -0.2) is 4.63 Å². The van der Waals surface area contributed by atoms with Crippen molar-refractivity contribution in [2.24, 2.45) is 0 Å². The van der Waals surface area contributed by atoms with Crippen LogP contribution in [0.4, 0.5) is 5.82 Å². The van der Waals surface area contributed by atoms with Crippen LogP contribution in [0.1, 0.15) is 17.3 Å². The number of carbonyl (C=O) groups excluding carboxylic acids is 1. The molecule has 2 aromatic carbocycles. The van der Waals surface area contributed by atoms with Gasteiger partial charge in [0.05, 0.1) is 19.3 Å². The van der Waals surface area contributed by atoms with Crippen LogP contribution < -0.4 is 14.8 Å². The van der Waals surface area contributed by atoms with E-state index in [-0.39, 0.29) is 11.7 Å². The summed E-state index contributed by atoms with van der Waals surface area (Å²) in [5.41, 5.74) is 1.59. The van der Waals surface area contributed by atoms with Crippen LogP contribution in [-0.2, 0) is 0 Å². The second-order valence-corrected chi connectivity index (χ2v) is 5.07. The predicted octanol–water partition coefficient (Wildman–Crippen LogP) is 3.40. The molecule has 0 aliphatic heterocycles. The molecule has 1 aromatic heterocycles. The van der Waals surface area contributed by atoms with Crippen molar-refractivity contribution in [3.8, 4) is 22.8 Å². The molecule has 0 bridgehead atoms. The molecule has 3 rings (SSSR count). The number of hydrogen-bond acceptors (Lipinski definition) is 6. The molecule has 0 unspecified atom stereocenters. The Labute approximate surface area is 144 Å². The van der Waals surface area contributed by atoms with Gasteiger partial charge in [-0.05, 0) is 53.6 Å². The Bertz CT molecular complexity index is 859. The highest BCUT2D eigenvalue weighted by Crippen LogP contribution is 2.27. The lowest BCUT2D eigenvalue weighted by Crippen LogP contribution is -2.14. The zero-order valence-electron chi connectivity index (χ0n) is 13.9. The first kappa shape index (κ1) is 16.5. The van der Waals surface area contributed by atoms with Crippen molar-refractivity contribution in [1.82, 2.24) is 10.3 Å². The van der Waals surface area contributed by atoms with Gasteiger partial charge in [0.2, 0.25) is 5.82 Å². The molecule has 0 fully saturated rings. The normalized spacial score (nSPS) is 10.3. The Kier molecular flexibility index (Phi) is 4.94. The summed E-state index contributed by atoms with van der Waals surface area (Å²) in [6.45, 7) is 2.32. The average molecular weight is 339 g/mol. The Morgan fingerprint density at radius 1 is 1.12 bits per heavy atom. The van der Waals surface area contributed by atoms with E-state index >= 15 is 0 Å². The van der Waals surface area contributed by atoms with Crippen LogP contribution in [0.15, 0.2) is 53.2 Å². The summed E-state index contributed by atoms with van der Waals surface area (Å²) in [7, 11) is 1.59. The molecule has 128 valence electrons. The lowest BCUT2D eigenvalue weighted by Gasteiger charge is -2.09. The van der Waals surface area contributed by atoms with Crippen molar-refractivity contribution in [2.75, 3.05) is 19.0 Å². The minimum atomic E-state index is -0.352. The smallest absolute Gasteiger partial charge is 0.260 e. The van der Waals surface area contributed by atoms with Crippen LogP contribution in [0.3, 0.4) is 0 Å². The molecule has 0 aliphatic carbocycles. The van der Waals surface area contributed by atoms with Gasteiger partial charge in [-0.1, -0.05) is 12.1 Å². The summed E-state index contributed by atoms with van der Waals surface area (Å²) < 4.78 is 15.4. The van der Waals surface area contributed by atoms with Crippen molar-refractivity contribution < 1.29 is 18.9 Å². The summed E-state index contributed by atoms with van der Waals surface area (Å²) in [4.78, 5) is 12.6. The number of methoxy groups -OCH3 is 1. The third-order valence-corrected chi connectivity index (χ3v) is 3.52. The number of nitrogens with zero attached hydrogens (tertiary/aromatic N) is 2. The molecular weight excluding hydrogens is 322 g/mol. The van der Waals surface area contributed by atoms with E-state index in [9.17, 15) is 4.79 Å². The third kappa shape index (κ3) is 3.60. The molecule has 1 heterocycles. The Morgan fingerprint density at radius 2 is 1.88 bits per heavy atom. The molecule has 3 aromatic rings. The summed E-state index contributed by atoms with van der Waals surface area (Å²) in [6.07, 6.45) is 0. The summed E-state index contributed by atoms with van der Waals surface area (Å²) >= 11 is 0. The minimum absolute atomic E-state index is 0.237. The van der Waals surface area contributed by atoms with Gasteiger partial charge in [-0.2, -0.15) is 0 Å². The zero-order chi connectivity index (χ0) is 17.6. The zero-order valence-corrected chi connectivity index (χ0v) is 13.9. The predicted molar refractivity (Wildman–Crippen MR) is 91.9 cm³/mol. The standard InChI is InChI=1S/C18H17N3O4/c1-3-24-15-7-5-4-6-14(15)18(22)19-17-16(20-25-21-17)12-8-10-13(23-2)11-9-12/h4-11H,3H2,1-2H3,(H,19,21,22). The van der Waals surface area contributed by atoms with E-state index in [0.29, 0.717) is 23.6 Å². The molecule has 0 spiro atoms. The molecule has 7 heteroatoms. The number of hydrogen-bond donors (Lipinski definition) is 1. The van der Waals surface area contributed by atoms with E-state index in [1.165, 1.54) is 0 Å². The maximum atomic E-state index is 12.6. The molecule has 1 N–H and O–H groups in total. The van der Waals surface area contributed by atoms with Crippen molar-refractivity contribution in [3.63, 3.8) is 0 Å². The van der Waals surface area contributed by atoms with E-state index in [1.807, 2.05) is 25.1 Å². The van der Waals surface area contributed by atoms with E-state index in [0.717, 1.165) is 11.3 Å². The number of benzene rings is 2. The van der Waals surface area contributed by atoms with Gasteiger partial charge in [0.1, 0.15) is 11.5 Å². The first-order chi connectivity index (χ1) is 12.2. The largest absolute Gasteiger partial charge is 0.497 e. The monoisotopic (exact) mass is 339 g/mol. The number of para-hydroxylation sites is 1. The number of nitrogens with one attached hydrogen (secondary N) is 1. The van der Waals surface area contributed by atoms with Gasteiger partial charge in [-0.15, -0.1) is 0 Å². The highest BCUT2D eigenvalue weighted by molar-refractivity contribution is 6.07. The highest BCUT2D eigenvalue weighted by Gasteiger charge is 2.18. The van der Waals surface area contributed by atoms with Gasteiger partial charge >= 0.3 is 0 Å². The second-order valence-electron chi connectivity index (χ2n) is 5.07. The van der Waals surface area contributed by atoms with E-state index in [4.69, 9.17) is 14.1 Å². The van der Waals surface area contributed by atoms with Crippen molar-refractivity contribution in [3.05, 3.63) is 54.1 Å². The van der Waals surface area contributed by atoms with Gasteiger partial charge in [0, 0.05) is 5.56 Å². The van der Waals surface area contributed by atoms with Gasteiger partial charge in [0.15, 0.2) is 5.69 Å². The lowest BCUT2D eigenvalue weighted by atomic mass is 10.1. The van der Waals surface area contributed by atoms with Gasteiger partial charge in [-0.3, -0.25) is 4.79 Å². The van der Waals surface area contributed by atoms with Crippen LogP contribution in [0.2, 0.25) is 0 Å². The molecule has 25 heavy (non-hydrogen) atoms. The molecule has 0 saturated heterocycles. The third-order valence-electron chi connectivity index (χ3n) is 3.52. The van der Waals surface area contributed by atoms with Crippen LogP contribution in [0, 0.1) is 0 Å². The molecule has 1 amide bonds. The number of aromatic nitrogens is 2. The molecule has 7 nitrogen and oxygen atoms in total. The number of carbonyl (C=O) groups is 1. The van der Waals surface area contributed by atoms with Crippen LogP contribution >= 0.6 is 0 Å². The van der Waals surface area contributed by atoms with E-state index in [2.05, 4.69) is 15.6 Å². The second kappa shape index (κ2) is 7.48. The maximum absolute atomic E-state index is 12.6. The topological polar surface area (TPSA) is 86.5 Å². The number of amides is 1. The number of anilines is 1. The molecule has 0 saturated carbocycles. The van der Waals surface area contributed by atoms with Gasteiger partial charge in [0.25, 0.3) is 5.91 Å². The first-order valence-electron chi connectivity index (χ1n) is 7.73. The quantitative estimate of drug-likeness (QED) is 0.741. The number of rotatable bonds is 6. The fraction of sp³-hybridized carbons (Fsp3) is 0.167. The SMILES string of the molecule is CCOc1ccccc1C(=O)Nc1nonc1-c1ccc(OC)cc1. The lowest BCUT2D eigenvalue weighted by molar-refractivity contribution is 0.102. The Balaban J connectivity index is 1.84. The molecule has 0 aliphatic rings. The van der Waals surface area contributed by atoms with E-state index in [1.54, 1.807) is 37.4 Å². The Hall–Kier alpha value is -3.35. The minimum Gasteiger partial charge on any atom is -0.497 e. The Morgan fingerprint density at radius 3 is 2.60 bits per heavy atom. The summed E-state index contributed by atoms with van der Waals surface area (Å²) in [6, 6.07) is 14.2. The summed E-state index contributed by atoms with van der Waals surface area (Å²) in [5, 5.41) is 10.4. The molecule has 0 radical (unpaired) electrons. The highest BCUT2D eigenvalue weighted by atomic mass is 16.6. The van der Waals surface area contributed by atoms with Crippen molar-refractivity contribution in [2.45, 2.75) is 6.92 Å². The molecule has 0 atom stereocenters. The average Bonchev–Trinajstić information content (AvgIpc) is 3.10. The number of ether oxygens (including phenoxy) is 2. The van der Waals surface area contributed by atoms with Crippen LogP contribution in [-0.4, -0.2) is 29.9 Å². The molecular formula is C18H17N3O4. The van der Waals surface area contributed by atoms with Crippen molar-refractivity contribution >= 4 is 11.7 Å². The van der Waals surface area contributed by atoms with Crippen LogP contribution in [0.5, 0.6) is 11.5 Å². The van der Waals surface area contributed by atoms with E-state index < -0.39 is 0 Å². The maximum Gasteiger partial charge on any atom is 0.260 e. The fourth-order valence-corrected chi connectivity index (χ4v) is 2.32. The fourth-order valence-electron chi connectivity index (χ4n) is 2.32. The van der Waals surface area contributed by atoms with Gasteiger partial charge < -0.3 is 14.8 Å².